The molecule has 27 heavy (non-hydrogen) atoms. The van der Waals surface area contributed by atoms with Crippen molar-refractivity contribution < 1.29 is 4.74 Å². The average Bonchev–Trinajstić information content (AvgIpc) is 3.18. The molecule has 0 aliphatic carbocycles. The molecule has 0 spiro atoms. The molecule has 1 aromatic carbocycles. The molecule has 0 unspecified atom stereocenters. The van der Waals surface area contributed by atoms with Crippen LogP contribution in [0.4, 0.5) is 5.69 Å². The fraction of sp³-hybridized carbons (Fsp3) is 0.739. The maximum Gasteiger partial charge on any atom is 0.119 e. The van der Waals surface area contributed by atoms with Gasteiger partial charge in [-0.15, -0.1) is 0 Å². The van der Waals surface area contributed by atoms with Crippen molar-refractivity contribution in [2.24, 2.45) is 0 Å². The standard InChI is InChI=1S/C23H37N3O/c1-3-13-24(14-4-1)18-19-27-23-11-9-21(10-12-23)26-17-7-8-22(26)20-25-15-5-2-6-16-25/h9-12,22H,1-8,13-20H2/t22-/m0/s1. The van der Waals surface area contributed by atoms with E-state index in [-0.39, 0.29) is 0 Å². The Labute approximate surface area is 165 Å². The van der Waals surface area contributed by atoms with Crippen LogP contribution in [0.3, 0.4) is 0 Å². The third-order valence-electron chi connectivity index (χ3n) is 6.59. The van der Waals surface area contributed by atoms with Crippen molar-refractivity contribution in [1.29, 1.82) is 0 Å². The lowest BCUT2D eigenvalue weighted by Gasteiger charge is -2.34. The Bertz CT molecular complexity index is 549. The third kappa shape index (κ3) is 5.39. The molecule has 1 atom stereocenters. The zero-order valence-electron chi connectivity index (χ0n) is 17.0. The van der Waals surface area contributed by atoms with Crippen LogP contribution in [0.15, 0.2) is 24.3 Å². The zero-order chi connectivity index (χ0) is 18.3. The highest BCUT2D eigenvalue weighted by molar-refractivity contribution is 5.51. The van der Waals surface area contributed by atoms with E-state index in [2.05, 4.69) is 39.0 Å². The first-order valence-electron chi connectivity index (χ1n) is 11.3. The molecule has 3 aliphatic heterocycles. The second kappa shape index (κ2) is 9.79. The van der Waals surface area contributed by atoms with Gasteiger partial charge in [-0.1, -0.05) is 12.8 Å². The molecule has 0 amide bonds. The average molecular weight is 372 g/mol. The number of rotatable bonds is 7. The molecule has 3 aliphatic rings. The van der Waals surface area contributed by atoms with E-state index in [9.17, 15) is 0 Å². The first kappa shape index (κ1) is 19.1. The van der Waals surface area contributed by atoms with Crippen LogP contribution in [0.1, 0.15) is 51.4 Å². The van der Waals surface area contributed by atoms with Crippen LogP contribution >= 0.6 is 0 Å². The Hall–Kier alpha value is -1.26. The minimum Gasteiger partial charge on any atom is -0.492 e. The summed E-state index contributed by atoms with van der Waals surface area (Å²) in [5.41, 5.74) is 1.37. The minimum absolute atomic E-state index is 0.689. The predicted octanol–water partition coefficient (Wildman–Crippen LogP) is 4.01. The number of nitrogens with zero attached hydrogens (tertiary/aromatic N) is 3. The predicted molar refractivity (Wildman–Crippen MR) is 113 cm³/mol. The van der Waals surface area contributed by atoms with Gasteiger partial charge in [0.2, 0.25) is 0 Å². The molecule has 0 aromatic heterocycles. The summed E-state index contributed by atoms with van der Waals surface area (Å²) in [6.07, 6.45) is 11.0. The lowest BCUT2D eigenvalue weighted by Crippen LogP contribution is -2.42. The summed E-state index contributed by atoms with van der Waals surface area (Å²) in [5, 5.41) is 0. The molecule has 150 valence electrons. The summed E-state index contributed by atoms with van der Waals surface area (Å²) in [4.78, 5) is 7.85. The maximum atomic E-state index is 6.01. The van der Waals surface area contributed by atoms with Crippen LogP contribution < -0.4 is 9.64 Å². The van der Waals surface area contributed by atoms with E-state index in [4.69, 9.17) is 4.74 Å². The normalized spacial score (nSPS) is 25.0. The second-order valence-electron chi connectivity index (χ2n) is 8.60. The fourth-order valence-corrected chi connectivity index (χ4v) is 5.01. The Morgan fingerprint density at radius 3 is 2.11 bits per heavy atom. The molecule has 4 nitrogen and oxygen atoms in total. The van der Waals surface area contributed by atoms with Crippen LogP contribution in [0.5, 0.6) is 5.75 Å². The van der Waals surface area contributed by atoms with Crippen molar-refractivity contribution in [2.75, 3.05) is 57.3 Å². The van der Waals surface area contributed by atoms with E-state index < -0.39 is 0 Å². The molecule has 3 heterocycles. The van der Waals surface area contributed by atoms with Gasteiger partial charge in [-0.25, -0.2) is 0 Å². The topological polar surface area (TPSA) is 19.0 Å². The van der Waals surface area contributed by atoms with Crippen molar-refractivity contribution in [3.8, 4) is 5.75 Å². The van der Waals surface area contributed by atoms with Gasteiger partial charge in [0.25, 0.3) is 0 Å². The molecule has 3 saturated heterocycles. The smallest absolute Gasteiger partial charge is 0.119 e. The Morgan fingerprint density at radius 1 is 0.741 bits per heavy atom. The molecule has 3 fully saturated rings. The van der Waals surface area contributed by atoms with Gasteiger partial charge >= 0.3 is 0 Å². The highest BCUT2D eigenvalue weighted by Gasteiger charge is 2.27. The monoisotopic (exact) mass is 371 g/mol. The van der Waals surface area contributed by atoms with E-state index in [0.717, 1.165) is 18.9 Å². The van der Waals surface area contributed by atoms with Crippen LogP contribution in [0.2, 0.25) is 0 Å². The Balaban J connectivity index is 1.25. The number of benzene rings is 1. The first-order chi connectivity index (χ1) is 13.4. The van der Waals surface area contributed by atoms with Crippen LogP contribution in [0, 0.1) is 0 Å². The van der Waals surface area contributed by atoms with Crippen LogP contribution in [0.25, 0.3) is 0 Å². The highest BCUT2D eigenvalue weighted by atomic mass is 16.5. The quantitative estimate of drug-likeness (QED) is 0.721. The maximum absolute atomic E-state index is 6.01. The molecule has 0 N–H and O–H groups in total. The number of ether oxygens (including phenoxy) is 1. The first-order valence-corrected chi connectivity index (χ1v) is 11.3. The van der Waals surface area contributed by atoms with E-state index in [1.54, 1.807) is 0 Å². The molecular weight excluding hydrogens is 334 g/mol. The summed E-state index contributed by atoms with van der Waals surface area (Å²) >= 11 is 0. The molecule has 0 radical (unpaired) electrons. The Kier molecular flexibility index (Phi) is 6.92. The molecule has 0 saturated carbocycles. The number of likely N-dealkylation sites (tertiary alicyclic amines) is 2. The van der Waals surface area contributed by atoms with Crippen molar-refractivity contribution in [3.63, 3.8) is 0 Å². The second-order valence-corrected chi connectivity index (χ2v) is 8.60. The van der Waals surface area contributed by atoms with Gasteiger partial charge < -0.3 is 14.5 Å². The highest BCUT2D eigenvalue weighted by Crippen LogP contribution is 2.28. The summed E-state index contributed by atoms with van der Waals surface area (Å²) < 4.78 is 6.01. The van der Waals surface area contributed by atoms with Crippen molar-refractivity contribution in [1.82, 2.24) is 9.80 Å². The van der Waals surface area contributed by atoms with Gasteiger partial charge in [-0.2, -0.15) is 0 Å². The van der Waals surface area contributed by atoms with Crippen molar-refractivity contribution in [2.45, 2.75) is 57.4 Å². The lowest BCUT2D eigenvalue weighted by atomic mass is 10.1. The van der Waals surface area contributed by atoms with Gasteiger partial charge in [0.15, 0.2) is 0 Å². The summed E-state index contributed by atoms with van der Waals surface area (Å²) in [7, 11) is 0. The number of piperidine rings is 2. The summed E-state index contributed by atoms with van der Waals surface area (Å²) in [6, 6.07) is 9.56. The SMILES string of the molecule is c1cc(N2CCC[C@H]2CN2CCCCC2)ccc1OCCN1CCCCC1. The number of anilines is 1. The van der Waals surface area contributed by atoms with Crippen molar-refractivity contribution in [3.05, 3.63) is 24.3 Å². The third-order valence-corrected chi connectivity index (χ3v) is 6.59. The van der Waals surface area contributed by atoms with Crippen LogP contribution in [-0.2, 0) is 0 Å². The molecule has 1 aromatic rings. The number of hydrogen-bond acceptors (Lipinski definition) is 4. The molecule has 4 heteroatoms. The van der Waals surface area contributed by atoms with Crippen LogP contribution in [-0.4, -0.2) is 68.3 Å². The van der Waals surface area contributed by atoms with E-state index in [1.165, 1.54) is 96.3 Å². The molecular formula is C23H37N3O. The Morgan fingerprint density at radius 2 is 1.41 bits per heavy atom. The van der Waals surface area contributed by atoms with E-state index in [0.29, 0.717) is 6.04 Å². The largest absolute Gasteiger partial charge is 0.492 e. The van der Waals surface area contributed by atoms with Gasteiger partial charge in [-0.05, 0) is 89.0 Å². The molecule has 4 rings (SSSR count). The number of hydrogen-bond donors (Lipinski definition) is 0. The fourth-order valence-electron chi connectivity index (χ4n) is 5.01. The van der Waals surface area contributed by atoms with Gasteiger partial charge in [-0.3, -0.25) is 4.90 Å². The van der Waals surface area contributed by atoms with E-state index in [1.807, 2.05) is 0 Å². The lowest BCUT2D eigenvalue weighted by molar-refractivity contribution is 0.183. The zero-order valence-corrected chi connectivity index (χ0v) is 17.0. The van der Waals surface area contributed by atoms with Gasteiger partial charge in [0, 0.05) is 31.4 Å². The van der Waals surface area contributed by atoms with Crippen molar-refractivity contribution >= 4 is 5.69 Å². The molecule has 0 bridgehead atoms. The van der Waals surface area contributed by atoms with E-state index >= 15 is 0 Å². The summed E-state index contributed by atoms with van der Waals surface area (Å²) in [5.74, 6) is 1.02. The minimum atomic E-state index is 0.689. The van der Waals surface area contributed by atoms with Gasteiger partial charge in [0.1, 0.15) is 12.4 Å². The van der Waals surface area contributed by atoms with Gasteiger partial charge in [0.05, 0.1) is 0 Å². The summed E-state index contributed by atoms with van der Waals surface area (Å²) in [6.45, 7) is 9.40.